The van der Waals surface area contributed by atoms with Gasteiger partial charge in [-0.2, -0.15) is 0 Å². The van der Waals surface area contributed by atoms with Gasteiger partial charge in [0.15, 0.2) is 0 Å². The van der Waals surface area contributed by atoms with Gasteiger partial charge < -0.3 is 10.6 Å². The largest absolute Gasteiger partial charge is 0.339 e. The third kappa shape index (κ3) is 3.53. The molecule has 0 radical (unpaired) electrons. The lowest BCUT2D eigenvalue weighted by Crippen LogP contribution is -2.34. The van der Waals surface area contributed by atoms with Crippen LogP contribution in [0.5, 0.6) is 0 Å². The Morgan fingerprint density at radius 3 is 2.61 bits per heavy atom. The van der Waals surface area contributed by atoms with Gasteiger partial charge >= 0.3 is 0 Å². The summed E-state index contributed by atoms with van der Waals surface area (Å²) in [7, 11) is 1.68. The highest BCUT2D eigenvalue weighted by atomic mass is 19.1. The van der Waals surface area contributed by atoms with Gasteiger partial charge in [-0.3, -0.25) is 4.79 Å². The number of nitrogens with two attached hydrogens (primary N) is 1. The number of hydrogen-bond acceptors (Lipinski definition) is 2. The van der Waals surface area contributed by atoms with Crippen molar-refractivity contribution >= 4 is 5.91 Å². The maximum Gasteiger partial charge on any atom is 0.224 e. The molecule has 0 aromatic heterocycles. The van der Waals surface area contributed by atoms with Gasteiger partial charge in [-0.15, -0.1) is 0 Å². The second kappa shape index (κ2) is 6.50. The third-order valence-electron chi connectivity index (χ3n) is 3.29. The Balaban J connectivity index is 2.75. The van der Waals surface area contributed by atoms with Crippen molar-refractivity contribution in [3.63, 3.8) is 0 Å². The Hall–Kier alpha value is -1.42. The molecule has 1 amide bonds. The molecular formula is C14H21FN2O. The Labute approximate surface area is 108 Å². The van der Waals surface area contributed by atoms with Crippen LogP contribution >= 0.6 is 0 Å². The molecule has 0 fully saturated rings. The highest BCUT2D eigenvalue weighted by Crippen LogP contribution is 2.22. The van der Waals surface area contributed by atoms with Crippen molar-refractivity contribution in [2.24, 2.45) is 5.73 Å². The van der Waals surface area contributed by atoms with Gasteiger partial charge in [-0.1, -0.05) is 25.1 Å². The summed E-state index contributed by atoms with van der Waals surface area (Å²) in [6.07, 6.45) is 1.06. The van der Waals surface area contributed by atoms with E-state index in [0.717, 1.165) is 6.42 Å². The van der Waals surface area contributed by atoms with E-state index in [9.17, 15) is 9.18 Å². The zero-order chi connectivity index (χ0) is 13.7. The van der Waals surface area contributed by atoms with E-state index >= 15 is 0 Å². The van der Waals surface area contributed by atoms with Crippen molar-refractivity contribution in [3.05, 3.63) is 35.6 Å². The molecule has 0 spiro atoms. The molecule has 0 saturated carbocycles. The van der Waals surface area contributed by atoms with Gasteiger partial charge in [-0.25, -0.2) is 4.39 Å². The van der Waals surface area contributed by atoms with Crippen LogP contribution in [0.15, 0.2) is 24.3 Å². The van der Waals surface area contributed by atoms with Crippen molar-refractivity contribution in [1.29, 1.82) is 0 Å². The molecule has 0 heterocycles. The average Bonchev–Trinajstić information content (AvgIpc) is 2.37. The molecule has 0 bridgehead atoms. The molecule has 2 unspecified atom stereocenters. The fourth-order valence-electron chi connectivity index (χ4n) is 1.75. The maximum atomic E-state index is 13.6. The van der Waals surface area contributed by atoms with Crippen LogP contribution in [-0.4, -0.2) is 23.9 Å². The molecule has 2 N–H and O–H groups in total. The van der Waals surface area contributed by atoms with E-state index in [1.165, 1.54) is 6.07 Å². The molecule has 4 heteroatoms. The van der Waals surface area contributed by atoms with Crippen LogP contribution in [-0.2, 0) is 4.79 Å². The van der Waals surface area contributed by atoms with Gasteiger partial charge in [-0.05, 0) is 19.4 Å². The van der Waals surface area contributed by atoms with Gasteiger partial charge in [0.2, 0.25) is 5.91 Å². The van der Waals surface area contributed by atoms with Crippen LogP contribution in [0, 0.1) is 5.82 Å². The molecule has 1 aromatic rings. The minimum absolute atomic E-state index is 0.0555. The van der Waals surface area contributed by atoms with Crippen LogP contribution in [0.4, 0.5) is 4.39 Å². The Morgan fingerprint density at radius 2 is 2.06 bits per heavy atom. The normalized spacial score (nSPS) is 14.1. The number of halogens is 1. The fourth-order valence-corrected chi connectivity index (χ4v) is 1.75. The molecule has 0 aliphatic rings. The van der Waals surface area contributed by atoms with Crippen molar-refractivity contribution in [2.75, 3.05) is 7.05 Å². The van der Waals surface area contributed by atoms with E-state index in [4.69, 9.17) is 5.73 Å². The lowest BCUT2D eigenvalue weighted by Gasteiger charge is -2.26. The van der Waals surface area contributed by atoms with Gasteiger partial charge in [0.05, 0.1) is 6.04 Å². The topological polar surface area (TPSA) is 46.3 Å². The van der Waals surface area contributed by atoms with Crippen molar-refractivity contribution < 1.29 is 9.18 Å². The number of carbonyl (C=O) groups excluding carboxylic acids is 1. The first kappa shape index (κ1) is 14.6. The lowest BCUT2D eigenvalue weighted by molar-refractivity contribution is -0.132. The Kier molecular flexibility index (Phi) is 5.28. The summed E-state index contributed by atoms with van der Waals surface area (Å²) in [5.74, 6) is -0.343. The monoisotopic (exact) mass is 252 g/mol. The van der Waals surface area contributed by atoms with Gasteiger partial charge in [0, 0.05) is 25.1 Å². The summed E-state index contributed by atoms with van der Waals surface area (Å²) in [6.45, 7) is 3.76. The molecule has 0 aliphatic carbocycles. The van der Waals surface area contributed by atoms with E-state index < -0.39 is 0 Å². The number of rotatable bonds is 5. The molecule has 2 atom stereocenters. The number of nitrogens with zero attached hydrogens (tertiary/aromatic N) is 1. The number of hydrogen-bond donors (Lipinski definition) is 1. The summed E-state index contributed by atoms with van der Waals surface area (Å²) in [5, 5.41) is 0. The summed E-state index contributed by atoms with van der Waals surface area (Å²) < 4.78 is 13.6. The molecule has 1 rings (SSSR count). The number of amides is 1. The smallest absolute Gasteiger partial charge is 0.224 e. The fraction of sp³-hybridized carbons (Fsp3) is 0.500. The Morgan fingerprint density at radius 1 is 1.44 bits per heavy atom. The molecule has 0 aliphatic heterocycles. The van der Waals surface area contributed by atoms with E-state index in [2.05, 4.69) is 0 Å². The third-order valence-corrected chi connectivity index (χ3v) is 3.29. The highest BCUT2D eigenvalue weighted by molar-refractivity contribution is 5.77. The SMILES string of the molecule is CCC(N)CC(=O)N(C)C(C)c1ccccc1F. The van der Waals surface area contributed by atoms with E-state index in [1.54, 1.807) is 30.1 Å². The summed E-state index contributed by atoms with van der Waals surface area (Å²) in [5.41, 5.74) is 6.29. The van der Waals surface area contributed by atoms with Crippen LogP contribution in [0.1, 0.15) is 38.3 Å². The Bertz CT molecular complexity index is 409. The first-order valence-electron chi connectivity index (χ1n) is 6.23. The van der Waals surface area contributed by atoms with E-state index in [0.29, 0.717) is 12.0 Å². The van der Waals surface area contributed by atoms with E-state index in [1.807, 2.05) is 13.8 Å². The van der Waals surface area contributed by atoms with Crippen LogP contribution in [0.2, 0.25) is 0 Å². The van der Waals surface area contributed by atoms with E-state index in [-0.39, 0.29) is 23.8 Å². The first-order valence-corrected chi connectivity index (χ1v) is 6.23. The minimum Gasteiger partial charge on any atom is -0.339 e. The molecule has 18 heavy (non-hydrogen) atoms. The molecule has 0 saturated heterocycles. The van der Waals surface area contributed by atoms with Crippen LogP contribution in [0.25, 0.3) is 0 Å². The van der Waals surface area contributed by atoms with Gasteiger partial charge in [0.1, 0.15) is 5.82 Å². The summed E-state index contributed by atoms with van der Waals surface area (Å²) in [4.78, 5) is 13.5. The maximum absolute atomic E-state index is 13.6. The van der Waals surface area contributed by atoms with Crippen LogP contribution in [0.3, 0.4) is 0 Å². The zero-order valence-electron chi connectivity index (χ0n) is 11.2. The van der Waals surface area contributed by atoms with Crippen molar-refractivity contribution in [3.8, 4) is 0 Å². The minimum atomic E-state index is -0.289. The lowest BCUT2D eigenvalue weighted by atomic mass is 10.1. The zero-order valence-corrected chi connectivity index (χ0v) is 11.2. The second-order valence-corrected chi connectivity index (χ2v) is 4.57. The van der Waals surface area contributed by atoms with Crippen LogP contribution < -0.4 is 5.73 Å². The molecular weight excluding hydrogens is 231 g/mol. The molecule has 3 nitrogen and oxygen atoms in total. The quantitative estimate of drug-likeness (QED) is 0.875. The second-order valence-electron chi connectivity index (χ2n) is 4.57. The van der Waals surface area contributed by atoms with Gasteiger partial charge in [0.25, 0.3) is 0 Å². The number of carbonyl (C=O) groups is 1. The highest BCUT2D eigenvalue weighted by Gasteiger charge is 2.20. The predicted molar refractivity (Wildman–Crippen MR) is 70.5 cm³/mol. The summed E-state index contributed by atoms with van der Waals surface area (Å²) >= 11 is 0. The van der Waals surface area contributed by atoms with Crippen molar-refractivity contribution in [2.45, 2.75) is 38.8 Å². The first-order chi connectivity index (χ1) is 8.47. The summed E-state index contributed by atoms with van der Waals surface area (Å²) in [6, 6.07) is 6.09. The van der Waals surface area contributed by atoms with Crippen molar-refractivity contribution in [1.82, 2.24) is 4.90 Å². The number of benzene rings is 1. The molecule has 1 aromatic carbocycles. The molecule has 100 valence electrons. The average molecular weight is 252 g/mol. The predicted octanol–water partition coefficient (Wildman–Crippen LogP) is 2.47. The standard InChI is InChI=1S/C14H21FN2O/c1-4-11(16)9-14(18)17(3)10(2)12-7-5-6-8-13(12)15/h5-8,10-11H,4,9,16H2,1-3H3.